The summed E-state index contributed by atoms with van der Waals surface area (Å²) < 4.78 is 0. The predicted molar refractivity (Wildman–Crippen MR) is 114 cm³/mol. The average molecular weight is 357 g/mol. The fourth-order valence-corrected chi connectivity index (χ4v) is 2.68. The highest BCUT2D eigenvalue weighted by Gasteiger charge is 2.04. The van der Waals surface area contributed by atoms with Crippen LogP contribution in [0.3, 0.4) is 0 Å². The summed E-state index contributed by atoms with van der Waals surface area (Å²) in [7, 11) is 0. The Bertz CT molecular complexity index is 554. The molecule has 0 unspecified atom stereocenters. The normalized spacial score (nSPS) is 10.3. The highest BCUT2D eigenvalue weighted by atomic mass is 14.9. The lowest BCUT2D eigenvalue weighted by Gasteiger charge is -2.12. The van der Waals surface area contributed by atoms with Crippen molar-refractivity contribution in [1.82, 2.24) is 10.6 Å². The second-order valence-electron chi connectivity index (χ2n) is 6.04. The first-order chi connectivity index (χ1) is 12.8. The second kappa shape index (κ2) is 14.4. The van der Waals surface area contributed by atoms with E-state index in [-0.39, 0.29) is 0 Å². The van der Waals surface area contributed by atoms with Gasteiger partial charge in [0.15, 0.2) is 0 Å². The molecule has 4 nitrogen and oxygen atoms in total. The lowest BCUT2D eigenvalue weighted by atomic mass is 9.99. The maximum atomic E-state index is 5.55. The van der Waals surface area contributed by atoms with Gasteiger partial charge in [0.25, 0.3) is 0 Å². The van der Waals surface area contributed by atoms with Gasteiger partial charge in [-0.25, -0.2) is 0 Å². The van der Waals surface area contributed by atoms with E-state index in [1.165, 1.54) is 22.3 Å². The molecule has 144 valence electrons. The summed E-state index contributed by atoms with van der Waals surface area (Å²) in [6.45, 7) is 9.11. The smallest absolute Gasteiger partial charge is 0.0205 e. The molecule has 0 aliphatic rings. The maximum Gasteiger partial charge on any atom is 0.0205 e. The largest absolute Gasteiger partial charge is 0.330 e. The molecule has 0 fully saturated rings. The quantitative estimate of drug-likeness (QED) is 0.466. The van der Waals surface area contributed by atoms with Crippen molar-refractivity contribution in [1.29, 1.82) is 0 Å². The second-order valence-corrected chi connectivity index (χ2v) is 6.04. The van der Waals surface area contributed by atoms with Crippen molar-refractivity contribution >= 4 is 0 Å². The molecule has 2 aromatic carbocycles. The van der Waals surface area contributed by atoms with Crippen molar-refractivity contribution in [2.75, 3.05) is 26.2 Å². The zero-order chi connectivity index (χ0) is 19.0. The van der Waals surface area contributed by atoms with Crippen LogP contribution in [0.1, 0.15) is 37.8 Å². The van der Waals surface area contributed by atoms with E-state index in [1.54, 1.807) is 0 Å². The fourth-order valence-electron chi connectivity index (χ4n) is 2.68. The number of hydrogen-bond acceptors (Lipinski definition) is 4. The Hall–Kier alpha value is -1.72. The van der Waals surface area contributed by atoms with E-state index in [1.807, 2.05) is 13.8 Å². The molecule has 0 amide bonds. The molecule has 4 heteroatoms. The Kier molecular flexibility index (Phi) is 12.4. The van der Waals surface area contributed by atoms with Crippen molar-refractivity contribution in [2.24, 2.45) is 11.5 Å². The number of rotatable bonds is 11. The fraction of sp³-hybridized carbons (Fsp3) is 0.455. The molecule has 0 aromatic heterocycles. The third kappa shape index (κ3) is 8.59. The molecule has 0 saturated heterocycles. The van der Waals surface area contributed by atoms with Crippen molar-refractivity contribution in [2.45, 2.75) is 39.8 Å². The van der Waals surface area contributed by atoms with Gasteiger partial charge in [-0.05, 0) is 73.4 Å². The molecular formula is C22H36N4. The van der Waals surface area contributed by atoms with Crippen LogP contribution in [0.25, 0.3) is 11.1 Å². The van der Waals surface area contributed by atoms with Gasteiger partial charge in [-0.15, -0.1) is 0 Å². The van der Waals surface area contributed by atoms with E-state index in [4.69, 9.17) is 11.5 Å². The third-order valence-electron chi connectivity index (χ3n) is 3.93. The monoisotopic (exact) mass is 356 g/mol. The molecule has 0 spiro atoms. The minimum atomic E-state index is 0.730. The van der Waals surface area contributed by atoms with E-state index in [0.717, 1.165) is 52.1 Å². The maximum absolute atomic E-state index is 5.55. The van der Waals surface area contributed by atoms with E-state index < -0.39 is 0 Å². The Morgan fingerprint density at radius 3 is 1.65 bits per heavy atom. The van der Waals surface area contributed by atoms with Gasteiger partial charge in [0.1, 0.15) is 0 Å². The average Bonchev–Trinajstić information content (AvgIpc) is 2.71. The van der Waals surface area contributed by atoms with Crippen molar-refractivity contribution in [3.05, 3.63) is 59.7 Å². The Morgan fingerprint density at radius 2 is 1.19 bits per heavy atom. The highest BCUT2D eigenvalue weighted by Crippen LogP contribution is 2.22. The van der Waals surface area contributed by atoms with E-state index >= 15 is 0 Å². The van der Waals surface area contributed by atoms with Gasteiger partial charge in [0.05, 0.1) is 0 Å². The van der Waals surface area contributed by atoms with Crippen LogP contribution in [0.5, 0.6) is 0 Å². The Labute approximate surface area is 159 Å². The summed E-state index contributed by atoms with van der Waals surface area (Å²) in [6, 6.07) is 17.4. The topological polar surface area (TPSA) is 76.1 Å². The SMILES string of the molecule is CC.NCCCNCc1cc(CNCCCN)cc(-c2ccccc2)c1. The highest BCUT2D eigenvalue weighted by molar-refractivity contribution is 5.65. The number of nitrogens with one attached hydrogen (secondary N) is 2. The first kappa shape index (κ1) is 22.3. The summed E-state index contributed by atoms with van der Waals surface area (Å²) in [4.78, 5) is 0. The predicted octanol–water partition coefficient (Wildman–Crippen LogP) is 3.26. The number of nitrogens with two attached hydrogens (primary N) is 2. The van der Waals surface area contributed by atoms with Gasteiger partial charge < -0.3 is 22.1 Å². The molecule has 0 bridgehead atoms. The molecular weight excluding hydrogens is 320 g/mol. The van der Waals surface area contributed by atoms with Crippen LogP contribution in [-0.4, -0.2) is 26.2 Å². The van der Waals surface area contributed by atoms with Crippen LogP contribution >= 0.6 is 0 Å². The van der Waals surface area contributed by atoms with Gasteiger partial charge in [0, 0.05) is 13.1 Å². The molecule has 26 heavy (non-hydrogen) atoms. The summed E-state index contributed by atoms with van der Waals surface area (Å²) >= 11 is 0. The summed E-state index contributed by atoms with van der Waals surface area (Å²) in [5.74, 6) is 0. The first-order valence-corrected chi connectivity index (χ1v) is 9.83. The van der Waals surface area contributed by atoms with Crippen LogP contribution < -0.4 is 22.1 Å². The minimum Gasteiger partial charge on any atom is -0.330 e. The van der Waals surface area contributed by atoms with Crippen LogP contribution in [0, 0.1) is 0 Å². The Balaban J connectivity index is 0.00000163. The van der Waals surface area contributed by atoms with Gasteiger partial charge >= 0.3 is 0 Å². The molecule has 0 aliphatic heterocycles. The molecule has 0 saturated carbocycles. The van der Waals surface area contributed by atoms with Crippen LogP contribution in [0.4, 0.5) is 0 Å². The van der Waals surface area contributed by atoms with Crippen LogP contribution in [0.15, 0.2) is 48.5 Å². The minimum absolute atomic E-state index is 0.730. The van der Waals surface area contributed by atoms with Gasteiger partial charge in [0.2, 0.25) is 0 Å². The first-order valence-electron chi connectivity index (χ1n) is 9.83. The number of hydrogen-bond donors (Lipinski definition) is 4. The van der Waals surface area contributed by atoms with Crippen molar-refractivity contribution in [3.8, 4) is 11.1 Å². The summed E-state index contributed by atoms with van der Waals surface area (Å²) in [6.07, 6.45) is 2.01. The zero-order valence-electron chi connectivity index (χ0n) is 16.4. The molecule has 0 aliphatic carbocycles. The number of benzene rings is 2. The molecule has 0 radical (unpaired) electrons. The summed E-state index contributed by atoms with van der Waals surface area (Å²) in [5.41, 5.74) is 16.2. The van der Waals surface area contributed by atoms with Gasteiger partial charge in [-0.1, -0.05) is 50.2 Å². The lowest BCUT2D eigenvalue weighted by Crippen LogP contribution is -2.19. The lowest BCUT2D eigenvalue weighted by molar-refractivity contribution is 0.647. The van der Waals surface area contributed by atoms with Crippen LogP contribution in [-0.2, 0) is 13.1 Å². The molecule has 2 rings (SSSR count). The van der Waals surface area contributed by atoms with E-state index in [9.17, 15) is 0 Å². The molecule has 0 atom stereocenters. The standard InChI is InChI=1S/C20H30N4.C2H6/c21-8-4-10-23-15-17-12-18(16-24-11-5-9-22)14-20(13-17)19-6-2-1-3-7-19;1-2/h1-3,6-7,12-14,23-24H,4-5,8-11,15-16,21-22H2;1-2H3. The van der Waals surface area contributed by atoms with Crippen molar-refractivity contribution < 1.29 is 0 Å². The zero-order valence-corrected chi connectivity index (χ0v) is 16.4. The Morgan fingerprint density at radius 1 is 0.692 bits per heavy atom. The third-order valence-corrected chi connectivity index (χ3v) is 3.93. The summed E-state index contributed by atoms with van der Waals surface area (Å²) in [5, 5.41) is 6.94. The van der Waals surface area contributed by atoms with Gasteiger partial charge in [-0.2, -0.15) is 0 Å². The van der Waals surface area contributed by atoms with E-state index in [2.05, 4.69) is 59.2 Å². The molecule has 0 heterocycles. The van der Waals surface area contributed by atoms with Crippen LogP contribution in [0.2, 0.25) is 0 Å². The van der Waals surface area contributed by atoms with E-state index in [0.29, 0.717) is 0 Å². The molecule has 2 aromatic rings. The van der Waals surface area contributed by atoms with Gasteiger partial charge in [-0.3, -0.25) is 0 Å². The van der Waals surface area contributed by atoms with Crippen molar-refractivity contribution in [3.63, 3.8) is 0 Å². The molecule has 6 N–H and O–H groups in total.